The fourth-order valence-corrected chi connectivity index (χ4v) is 6.51. The zero-order chi connectivity index (χ0) is 21.4. The van der Waals surface area contributed by atoms with Gasteiger partial charge in [0, 0.05) is 5.54 Å². The van der Waals surface area contributed by atoms with E-state index in [4.69, 9.17) is 13.9 Å². The highest BCUT2D eigenvalue weighted by Crippen LogP contribution is 2.58. The van der Waals surface area contributed by atoms with Crippen molar-refractivity contribution in [2.75, 3.05) is 13.7 Å². The number of carbonyl (C=O) groups excluding carboxylic acids is 2. The van der Waals surface area contributed by atoms with Crippen molar-refractivity contribution in [1.29, 1.82) is 0 Å². The van der Waals surface area contributed by atoms with Gasteiger partial charge in [0.25, 0.3) is 5.91 Å². The highest BCUT2D eigenvalue weighted by molar-refractivity contribution is 5.91. The Balaban J connectivity index is 1.33. The second-order valence-corrected chi connectivity index (χ2v) is 9.51. The second kappa shape index (κ2) is 8.06. The molecule has 0 unspecified atom stereocenters. The molecule has 0 atom stereocenters. The first-order valence-corrected chi connectivity index (χ1v) is 11.2. The average Bonchev–Trinajstić information content (AvgIpc) is 3.28. The minimum Gasteiger partial charge on any atom is -0.497 e. The first-order valence-electron chi connectivity index (χ1n) is 11.2. The topological polar surface area (TPSA) is 69.0 Å². The zero-order valence-electron chi connectivity index (χ0n) is 17.9. The molecule has 6 nitrogen and oxygen atoms in total. The molecule has 6 heteroatoms. The number of nitrogens with zero attached hydrogens (tertiary/aromatic N) is 1. The summed E-state index contributed by atoms with van der Waals surface area (Å²) in [5.74, 6) is 2.80. The van der Waals surface area contributed by atoms with E-state index in [1.807, 2.05) is 17.0 Å². The number of hydrogen-bond acceptors (Lipinski definition) is 5. The van der Waals surface area contributed by atoms with Gasteiger partial charge in [-0.25, -0.2) is 4.79 Å². The summed E-state index contributed by atoms with van der Waals surface area (Å²) in [4.78, 5) is 27.9. The van der Waals surface area contributed by atoms with E-state index in [2.05, 4.69) is 0 Å². The monoisotopic (exact) mass is 423 g/mol. The van der Waals surface area contributed by atoms with Crippen molar-refractivity contribution in [3.05, 3.63) is 54.0 Å². The normalized spacial score (nSPS) is 28.4. The van der Waals surface area contributed by atoms with Gasteiger partial charge in [-0.15, -0.1) is 0 Å². The lowest BCUT2D eigenvalue weighted by atomic mass is 9.52. The number of methoxy groups -OCH3 is 1. The summed E-state index contributed by atoms with van der Waals surface area (Å²) in [6, 6.07) is 10.5. The third-order valence-corrected chi connectivity index (χ3v) is 7.41. The molecule has 0 N–H and O–H groups in total. The molecule has 4 aliphatic rings. The molecule has 4 aliphatic carbocycles. The number of esters is 1. The molecular formula is C25H29NO5. The Morgan fingerprint density at radius 2 is 1.77 bits per heavy atom. The summed E-state index contributed by atoms with van der Waals surface area (Å²) in [6.07, 6.45) is 8.69. The maximum absolute atomic E-state index is 13.4. The van der Waals surface area contributed by atoms with Gasteiger partial charge in [-0.2, -0.15) is 0 Å². The van der Waals surface area contributed by atoms with Crippen molar-refractivity contribution in [3.63, 3.8) is 0 Å². The van der Waals surface area contributed by atoms with Gasteiger partial charge in [-0.3, -0.25) is 4.79 Å². The summed E-state index contributed by atoms with van der Waals surface area (Å²) < 4.78 is 16.2. The standard InChI is InChI=1S/C25H29NO5/c1-29-21-5-2-4-20(11-21)24(28)31-16-23(27)26(15-22-6-3-7-30-22)25-12-17-8-18(13-25)10-19(9-17)14-25/h2-7,11,17-19H,8-10,12-16H2,1H3. The summed E-state index contributed by atoms with van der Waals surface area (Å²) in [6.45, 7) is 0.160. The van der Waals surface area contributed by atoms with Crippen LogP contribution in [0.4, 0.5) is 0 Å². The SMILES string of the molecule is COc1cccc(C(=O)OCC(=O)N(Cc2ccco2)C23CC4CC(CC(C4)C2)C3)c1. The van der Waals surface area contributed by atoms with Crippen LogP contribution in [0.1, 0.15) is 54.6 Å². The molecule has 4 saturated carbocycles. The van der Waals surface area contributed by atoms with Crippen molar-refractivity contribution in [3.8, 4) is 5.75 Å². The van der Waals surface area contributed by atoms with E-state index in [-0.39, 0.29) is 18.1 Å². The number of ether oxygens (including phenoxy) is 2. The van der Waals surface area contributed by atoms with E-state index in [0.717, 1.165) is 25.0 Å². The zero-order valence-corrected chi connectivity index (χ0v) is 17.9. The van der Waals surface area contributed by atoms with Gasteiger partial charge in [-0.1, -0.05) is 6.07 Å². The molecule has 2 aromatic rings. The third kappa shape index (κ3) is 3.95. The Morgan fingerprint density at radius 1 is 1.06 bits per heavy atom. The first kappa shape index (κ1) is 20.2. The van der Waals surface area contributed by atoms with Crippen molar-refractivity contribution >= 4 is 11.9 Å². The molecule has 0 spiro atoms. The summed E-state index contributed by atoms with van der Waals surface area (Å²) >= 11 is 0. The molecule has 0 radical (unpaired) electrons. The van der Waals surface area contributed by atoms with Crippen molar-refractivity contribution < 1.29 is 23.5 Å². The molecule has 1 amide bonds. The van der Waals surface area contributed by atoms with E-state index in [1.54, 1.807) is 37.6 Å². The van der Waals surface area contributed by atoms with Gasteiger partial charge in [0.2, 0.25) is 0 Å². The van der Waals surface area contributed by atoms with E-state index in [0.29, 0.717) is 35.6 Å². The minimum absolute atomic E-state index is 0.138. The second-order valence-electron chi connectivity index (χ2n) is 9.51. The number of hydrogen-bond donors (Lipinski definition) is 0. The number of carbonyl (C=O) groups is 2. The van der Waals surface area contributed by atoms with Crippen LogP contribution in [0.15, 0.2) is 47.1 Å². The van der Waals surface area contributed by atoms with Crippen LogP contribution < -0.4 is 4.74 Å². The van der Waals surface area contributed by atoms with Crippen LogP contribution in [0.2, 0.25) is 0 Å². The van der Waals surface area contributed by atoms with Crippen LogP contribution >= 0.6 is 0 Å². The van der Waals surface area contributed by atoms with Crippen LogP contribution in [0.3, 0.4) is 0 Å². The number of furan rings is 1. The predicted molar refractivity (Wildman–Crippen MR) is 113 cm³/mol. The molecule has 31 heavy (non-hydrogen) atoms. The molecule has 4 bridgehead atoms. The van der Waals surface area contributed by atoms with Gasteiger partial charge in [-0.05, 0) is 86.6 Å². The van der Waals surface area contributed by atoms with Crippen LogP contribution in [-0.4, -0.2) is 36.0 Å². The average molecular weight is 424 g/mol. The van der Waals surface area contributed by atoms with Gasteiger partial charge in [0.1, 0.15) is 11.5 Å². The van der Waals surface area contributed by atoms with E-state index in [9.17, 15) is 9.59 Å². The molecule has 4 fully saturated rings. The first-order chi connectivity index (χ1) is 15.0. The van der Waals surface area contributed by atoms with Gasteiger partial charge >= 0.3 is 5.97 Å². The molecular weight excluding hydrogens is 394 g/mol. The Kier molecular flexibility index (Phi) is 5.24. The Hall–Kier alpha value is -2.76. The smallest absolute Gasteiger partial charge is 0.338 e. The minimum atomic E-state index is -0.518. The maximum atomic E-state index is 13.4. The summed E-state index contributed by atoms with van der Waals surface area (Å²) in [5, 5.41) is 0. The van der Waals surface area contributed by atoms with Crippen molar-refractivity contribution in [2.45, 2.75) is 50.6 Å². The number of benzene rings is 1. The summed E-state index contributed by atoms with van der Waals surface area (Å²) in [5.41, 5.74) is 0.237. The van der Waals surface area contributed by atoms with Gasteiger partial charge in [0.15, 0.2) is 6.61 Å². The van der Waals surface area contributed by atoms with Crippen LogP contribution in [-0.2, 0) is 16.1 Å². The molecule has 0 aliphatic heterocycles. The molecule has 1 aromatic carbocycles. The number of amides is 1. The lowest BCUT2D eigenvalue weighted by Gasteiger charge is -2.60. The quantitative estimate of drug-likeness (QED) is 0.616. The van der Waals surface area contributed by atoms with Crippen molar-refractivity contribution in [1.82, 2.24) is 4.90 Å². The highest BCUT2D eigenvalue weighted by Gasteiger charge is 2.54. The van der Waals surface area contributed by atoms with Crippen LogP contribution in [0, 0.1) is 17.8 Å². The number of rotatable bonds is 7. The maximum Gasteiger partial charge on any atom is 0.338 e. The fourth-order valence-electron chi connectivity index (χ4n) is 6.51. The molecule has 1 aromatic heterocycles. The lowest BCUT2D eigenvalue weighted by Crippen LogP contribution is -2.61. The van der Waals surface area contributed by atoms with Crippen LogP contribution in [0.5, 0.6) is 5.75 Å². The Morgan fingerprint density at radius 3 is 2.39 bits per heavy atom. The Bertz CT molecular complexity index is 915. The third-order valence-electron chi connectivity index (χ3n) is 7.41. The highest BCUT2D eigenvalue weighted by atomic mass is 16.5. The molecule has 0 saturated heterocycles. The largest absolute Gasteiger partial charge is 0.497 e. The lowest BCUT2D eigenvalue weighted by molar-refractivity contribution is -0.156. The molecule has 6 rings (SSSR count). The molecule has 1 heterocycles. The Labute approximate surface area is 182 Å². The van der Waals surface area contributed by atoms with E-state index < -0.39 is 5.97 Å². The van der Waals surface area contributed by atoms with Crippen LogP contribution in [0.25, 0.3) is 0 Å². The summed E-state index contributed by atoms with van der Waals surface area (Å²) in [7, 11) is 1.55. The molecule has 164 valence electrons. The van der Waals surface area contributed by atoms with E-state index in [1.165, 1.54) is 19.3 Å². The van der Waals surface area contributed by atoms with E-state index >= 15 is 0 Å². The predicted octanol–water partition coefficient (Wildman–Crippen LogP) is 4.44. The van der Waals surface area contributed by atoms with Gasteiger partial charge in [0.05, 0.1) is 25.5 Å². The fraction of sp³-hybridized carbons (Fsp3) is 0.520. The van der Waals surface area contributed by atoms with Crippen molar-refractivity contribution in [2.24, 2.45) is 17.8 Å². The van der Waals surface area contributed by atoms with Gasteiger partial charge < -0.3 is 18.8 Å².